The molecule has 2 heterocycles. The van der Waals surface area contributed by atoms with Crippen molar-refractivity contribution in [1.29, 1.82) is 5.26 Å². The smallest absolute Gasteiger partial charge is 0.155 e. The van der Waals surface area contributed by atoms with Crippen molar-refractivity contribution in [2.24, 2.45) is 7.05 Å². The fraction of sp³-hybridized carbons (Fsp3) is 0.375. The topological polar surface area (TPSA) is 74.3 Å². The number of morpholine rings is 1. The number of aryl methyl sites for hydroxylation is 1. The van der Waals surface area contributed by atoms with E-state index in [0.29, 0.717) is 25.6 Å². The fourth-order valence-electron chi connectivity index (χ4n) is 2.66. The van der Waals surface area contributed by atoms with Crippen LogP contribution in [0.2, 0.25) is 0 Å². The zero-order valence-electron chi connectivity index (χ0n) is 12.5. The normalized spacial score (nSPS) is 17.3. The van der Waals surface area contributed by atoms with Crippen LogP contribution in [0, 0.1) is 11.3 Å². The summed E-state index contributed by atoms with van der Waals surface area (Å²) in [6.07, 6.45) is 0. The van der Waals surface area contributed by atoms with E-state index < -0.39 is 0 Å². The van der Waals surface area contributed by atoms with E-state index in [9.17, 15) is 10.4 Å². The molecule has 22 heavy (non-hydrogen) atoms. The van der Waals surface area contributed by atoms with Gasteiger partial charge in [-0.05, 0) is 12.1 Å². The van der Waals surface area contributed by atoms with Crippen molar-refractivity contribution >= 4 is 16.6 Å². The van der Waals surface area contributed by atoms with E-state index in [1.807, 2.05) is 35.9 Å². The number of nitriles is 1. The minimum absolute atomic E-state index is 0.0582. The molecule has 0 spiro atoms. The molecular formula is C16H18N4O2. The van der Waals surface area contributed by atoms with Crippen molar-refractivity contribution in [3.63, 3.8) is 0 Å². The molecule has 0 bridgehead atoms. The minimum Gasteiger partial charge on any atom is -0.509 e. The Morgan fingerprint density at radius 3 is 2.77 bits per heavy atom. The quantitative estimate of drug-likeness (QED) is 0.689. The molecule has 114 valence electrons. The van der Waals surface area contributed by atoms with Crippen LogP contribution in [0.25, 0.3) is 16.6 Å². The number of aromatic nitrogens is 2. The van der Waals surface area contributed by atoms with Crippen molar-refractivity contribution in [3.8, 4) is 6.07 Å². The molecule has 0 unspecified atom stereocenters. The van der Waals surface area contributed by atoms with Gasteiger partial charge in [-0.25, -0.2) is 4.98 Å². The molecular weight excluding hydrogens is 280 g/mol. The molecule has 0 aliphatic carbocycles. The van der Waals surface area contributed by atoms with Gasteiger partial charge in [0.15, 0.2) is 5.82 Å². The molecule has 1 aromatic carbocycles. The number of nitrogens with zero attached hydrogens (tertiary/aromatic N) is 4. The van der Waals surface area contributed by atoms with E-state index in [0.717, 1.165) is 24.1 Å². The summed E-state index contributed by atoms with van der Waals surface area (Å²) in [5.74, 6) is 0.553. The molecule has 0 radical (unpaired) electrons. The Bertz CT molecular complexity index is 751. The molecule has 2 aromatic rings. The van der Waals surface area contributed by atoms with Gasteiger partial charge in [0.1, 0.15) is 17.4 Å². The molecule has 1 saturated heterocycles. The lowest BCUT2D eigenvalue weighted by molar-refractivity contribution is 0.0381. The van der Waals surface area contributed by atoms with Gasteiger partial charge >= 0.3 is 0 Å². The van der Waals surface area contributed by atoms with Crippen LogP contribution in [-0.2, 0) is 11.8 Å². The standard InChI is InChI=1S/C16H18N4O2/c1-19-14-5-3-2-4-13(14)18-16(19)12(10-17)15(21)11-20-6-8-22-9-7-20/h2-5,21H,6-9,11H2,1H3. The van der Waals surface area contributed by atoms with E-state index in [-0.39, 0.29) is 11.3 Å². The molecule has 0 saturated carbocycles. The first-order chi connectivity index (χ1) is 10.7. The Morgan fingerprint density at radius 1 is 1.36 bits per heavy atom. The summed E-state index contributed by atoms with van der Waals surface area (Å²) in [5, 5.41) is 19.9. The van der Waals surface area contributed by atoms with Crippen LogP contribution in [0.1, 0.15) is 5.82 Å². The monoisotopic (exact) mass is 298 g/mol. The Hall–Kier alpha value is -2.36. The lowest BCUT2D eigenvalue weighted by atomic mass is 10.2. The molecule has 1 N–H and O–H groups in total. The van der Waals surface area contributed by atoms with Gasteiger partial charge in [0.2, 0.25) is 0 Å². The van der Waals surface area contributed by atoms with Crippen LogP contribution in [0.4, 0.5) is 0 Å². The number of rotatable bonds is 3. The van der Waals surface area contributed by atoms with Gasteiger partial charge in [-0.15, -0.1) is 0 Å². The average Bonchev–Trinajstić information content (AvgIpc) is 2.87. The third-order valence-corrected chi connectivity index (χ3v) is 3.89. The highest BCUT2D eigenvalue weighted by Crippen LogP contribution is 2.22. The zero-order valence-corrected chi connectivity index (χ0v) is 12.5. The highest BCUT2D eigenvalue weighted by Gasteiger charge is 2.19. The van der Waals surface area contributed by atoms with Crippen LogP contribution in [0.3, 0.4) is 0 Å². The molecule has 3 rings (SSSR count). The largest absolute Gasteiger partial charge is 0.509 e. The molecule has 1 aliphatic rings. The first kappa shape index (κ1) is 14.6. The summed E-state index contributed by atoms with van der Waals surface area (Å²) in [7, 11) is 1.85. The Morgan fingerprint density at radius 2 is 2.09 bits per heavy atom. The first-order valence-corrected chi connectivity index (χ1v) is 7.25. The maximum absolute atomic E-state index is 10.4. The molecule has 0 atom stereocenters. The van der Waals surface area contributed by atoms with E-state index in [4.69, 9.17) is 4.74 Å². The summed E-state index contributed by atoms with van der Waals surface area (Å²) >= 11 is 0. The molecule has 6 heteroatoms. The zero-order chi connectivity index (χ0) is 15.5. The predicted octanol–water partition coefficient (Wildman–Crippen LogP) is 1.70. The van der Waals surface area contributed by atoms with Crippen LogP contribution in [-0.4, -0.2) is 52.4 Å². The van der Waals surface area contributed by atoms with Crippen LogP contribution < -0.4 is 0 Å². The highest BCUT2D eigenvalue weighted by molar-refractivity contribution is 5.83. The van der Waals surface area contributed by atoms with Crippen LogP contribution in [0.15, 0.2) is 30.0 Å². The lowest BCUT2D eigenvalue weighted by Gasteiger charge is -2.26. The minimum atomic E-state index is 0.0582. The van der Waals surface area contributed by atoms with Crippen molar-refractivity contribution < 1.29 is 9.84 Å². The highest BCUT2D eigenvalue weighted by atomic mass is 16.5. The van der Waals surface area contributed by atoms with E-state index in [1.165, 1.54) is 0 Å². The number of ether oxygens (including phenoxy) is 1. The van der Waals surface area contributed by atoms with E-state index >= 15 is 0 Å². The van der Waals surface area contributed by atoms with Crippen molar-refractivity contribution in [3.05, 3.63) is 35.8 Å². The summed E-state index contributed by atoms with van der Waals surface area (Å²) in [6.45, 7) is 3.16. The second kappa shape index (κ2) is 6.18. The third-order valence-electron chi connectivity index (χ3n) is 3.89. The maximum Gasteiger partial charge on any atom is 0.155 e. The van der Waals surface area contributed by atoms with Gasteiger partial charge in [-0.1, -0.05) is 12.1 Å². The summed E-state index contributed by atoms with van der Waals surface area (Å²) in [6, 6.07) is 9.77. The lowest BCUT2D eigenvalue weighted by Crippen LogP contribution is -2.37. The number of hydrogen-bond acceptors (Lipinski definition) is 5. The van der Waals surface area contributed by atoms with E-state index in [2.05, 4.69) is 16.0 Å². The van der Waals surface area contributed by atoms with Gasteiger partial charge in [0, 0.05) is 20.1 Å². The molecule has 1 aromatic heterocycles. The Kier molecular flexibility index (Phi) is 4.09. The number of hydrogen-bond donors (Lipinski definition) is 1. The summed E-state index contributed by atoms with van der Waals surface area (Å²) in [4.78, 5) is 6.55. The molecule has 0 amide bonds. The molecule has 6 nitrogen and oxygen atoms in total. The number of fused-ring (bicyclic) bond motifs is 1. The number of allylic oxidation sites excluding steroid dienone is 1. The van der Waals surface area contributed by atoms with Crippen LogP contribution in [0.5, 0.6) is 0 Å². The molecule has 1 aliphatic heterocycles. The van der Waals surface area contributed by atoms with Crippen molar-refractivity contribution in [1.82, 2.24) is 14.5 Å². The second-order valence-electron chi connectivity index (χ2n) is 5.31. The maximum atomic E-state index is 10.4. The average molecular weight is 298 g/mol. The van der Waals surface area contributed by atoms with Crippen molar-refractivity contribution in [2.75, 3.05) is 32.8 Å². The number of para-hydroxylation sites is 2. The molecule has 1 fully saturated rings. The summed E-state index contributed by atoms with van der Waals surface area (Å²) in [5.41, 5.74) is 1.97. The fourth-order valence-corrected chi connectivity index (χ4v) is 2.66. The van der Waals surface area contributed by atoms with Crippen LogP contribution >= 0.6 is 0 Å². The Labute approximate surface area is 128 Å². The van der Waals surface area contributed by atoms with E-state index in [1.54, 1.807) is 0 Å². The number of aliphatic hydroxyl groups is 1. The second-order valence-corrected chi connectivity index (χ2v) is 5.31. The summed E-state index contributed by atoms with van der Waals surface area (Å²) < 4.78 is 7.13. The predicted molar refractivity (Wildman–Crippen MR) is 83.1 cm³/mol. The SMILES string of the molecule is Cn1c(C(C#N)=C(O)CN2CCOCC2)nc2ccccc21. The number of aliphatic hydroxyl groups excluding tert-OH is 1. The Balaban J connectivity index is 1.96. The first-order valence-electron chi connectivity index (χ1n) is 7.25. The van der Waals surface area contributed by atoms with Gasteiger partial charge < -0.3 is 14.4 Å². The van der Waals surface area contributed by atoms with Crippen molar-refractivity contribution in [2.45, 2.75) is 0 Å². The third kappa shape index (κ3) is 2.69. The van der Waals surface area contributed by atoms with Gasteiger partial charge in [0.05, 0.1) is 30.8 Å². The van der Waals surface area contributed by atoms with Gasteiger partial charge in [-0.2, -0.15) is 5.26 Å². The number of benzene rings is 1. The van der Waals surface area contributed by atoms with Gasteiger partial charge in [-0.3, -0.25) is 4.90 Å². The van der Waals surface area contributed by atoms with Gasteiger partial charge in [0.25, 0.3) is 0 Å². The number of imidazole rings is 1.